The van der Waals surface area contributed by atoms with Crippen LogP contribution < -0.4 is 0 Å². The molecule has 0 saturated carbocycles. The molecule has 0 amide bonds. The van der Waals surface area contributed by atoms with Crippen molar-refractivity contribution < 1.29 is 0 Å². The molecule has 4 rings (SSSR count). The Kier molecular flexibility index (Phi) is 3.57. The molecule has 0 bridgehead atoms. The van der Waals surface area contributed by atoms with Gasteiger partial charge in [0.15, 0.2) is 5.82 Å². The summed E-state index contributed by atoms with van der Waals surface area (Å²) in [6, 6.07) is 8.06. The number of benzene rings is 1. The van der Waals surface area contributed by atoms with Crippen molar-refractivity contribution in [3.05, 3.63) is 54.7 Å². The first-order valence-corrected chi connectivity index (χ1v) is 8.00. The van der Waals surface area contributed by atoms with Crippen LogP contribution >= 0.6 is 0 Å². The zero-order valence-corrected chi connectivity index (χ0v) is 13.6. The van der Waals surface area contributed by atoms with Gasteiger partial charge < -0.3 is 0 Å². The largest absolute Gasteiger partial charge is 0.298 e. The highest BCUT2D eigenvalue weighted by atomic mass is 15.2. The minimum atomic E-state index is 0.581. The number of nitrogens with zero attached hydrogens (tertiary/aromatic N) is 5. The Morgan fingerprint density at radius 3 is 2.67 bits per heavy atom. The summed E-state index contributed by atoms with van der Waals surface area (Å²) in [5.41, 5.74) is 4.69. The molecule has 6 heteroatoms. The van der Waals surface area contributed by atoms with Crippen molar-refractivity contribution in [1.82, 2.24) is 29.7 Å². The van der Waals surface area contributed by atoms with E-state index in [-0.39, 0.29) is 0 Å². The smallest absolute Gasteiger partial charge is 0.165 e. The summed E-state index contributed by atoms with van der Waals surface area (Å²) in [5.74, 6) is 1.39. The maximum Gasteiger partial charge on any atom is 0.165 e. The molecule has 0 aliphatic carbocycles. The van der Waals surface area contributed by atoms with Crippen LogP contribution in [0.5, 0.6) is 0 Å². The van der Waals surface area contributed by atoms with Crippen LogP contribution in [0.4, 0.5) is 0 Å². The molecular formula is C18H18N6. The van der Waals surface area contributed by atoms with Gasteiger partial charge in [-0.25, -0.2) is 4.98 Å². The molecule has 3 aromatic heterocycles. The number of hydrogen-bond donors (Lipinski definition) is 1. The number of nitrogens with one attached hydrogen (secondary N) is 1. The summed E-state index contributed by atoms with van der Waals surface area (Å²) < 4.78 is 2.02. The number of imidazole rings is 1. The maximum absolute atomic E-state index is 4.48. The molecule has 1 N–H and O–H groups in total. The molecule has 1 aromatic carbocycles. The molecule has 24 heavy (non-hydrogen) atoms. The molecular weight excluding hydrogens is 300 g/mol. The highest BCUT2D eigenvalue weighted by Crippen LogP contribution is 2.22. The summed E-state index contributed by atoms with van der Waals surface area (Å²) in [4.78, 5) is 13.2. The highest BCUT2D eigenvalue weighted by molar-refractivity contribution is 5.76. The van der Waals surface area contributed by atoms with Crippen LogP contribution in [-0.4, -0.2) is 29.7 Å². The van der Waals surface area contributed by atoms with Crippen LogP contribution in [0.25, 0.3) is 28.2 Å². The van der Waals surface area contributed by atoms with Gasteiger partial charge in [0.05, 0.1) is 11.0 Å². The average Bonchev–Trinajstić information content (AvgIpc) is 3.22. The van der Waals surface area contributed by atoms with E-state index in [1.165, 1.54) is 0 Å². The molecule has 0 radical (unpaired) electrons. The van der Waals surface area contributed by atoms with E-state index in [1.54, 1.807) is 18.6 Å². The fourth-order valence-corrected chi connectivity index (χ4v) is 2.82. The first-order chi connectivity index (χ1) is 11.7. The first kappa shape index (κ1) is 14.6. The number of fused-ring (bicyclic) bond motifs is 1. The Balaban J connectivity index is 1.74. The molecule has 4 aromatic rings. The zero-order chi connectivity index (χ0) is 16.5. The van der Waals surface area contributed by atoms with E-state index in [0.717, 1.165) is 40.4 Å². The predicted molar refractivity (Wildman–Crippen MR) is 92.8 cm³/mol. The van der Waals surface area contributed by atoms with Gasteiger partial charge in [-0.3, -0.25) is 19.6 Å². The molecule has 120 valence electrons. The van der Waals surface area contributed by atoms with E-state index in [4.69, 9.17) is 0 Å². The van der Waals surface area contributed by atoms with E-state index in [1.807, 2.05) is 29.0 Å². The lowest BCUT2D eigenvalue weighted by atomic mass is 10.1. The second kappa shape index (κ2) is 5.88. The van der Waals surface area contributed by atoms with Crippen molar-refractivity contribution in [3.63, 3.8) is 0 Å². The molecule has 0 atom stereocenters. The van der Waals surface area contributed by atoms with Crippen molar-refractivity contribution >= 4 is 11.0 Å². The van der Waals surface area contributed by atoms with Crippen molar-refractivity contribution in [2.75, 3.05) is 0 Å². The average molecular weight is 318 g/mol. The summed E-state index contributed by atoms with van der Waals surface area (Å²) in [6.45, 7) is 4.38. The van der Waals surface area contributed by atoms with Gasteiger partial charge in [-0.2, -0.15) is 5.10 Å². The number of aromatic nitrogens is 6. The van der Waals surface area contributed by atoms with E-state index in [9.17, 15) is 0 Å². The topological polar surface area (TPSA) is 72.3 Å². The standard InChI is InChI=1S/C18H18N6/c1-12(2)9-13-10-17(23-22-13)18-21-7-8-24(18)14-3-4-15-16(11-14)20-6-5-19-15/h3-8,10-12H,9H2,1-2H3,(H,22,23). The van der Waals surface area contributed by atoms with Crippen LogP contribution in [0, 0.1) is 5.92 Å². The summed E-state index contributed by atoms with van der Waals surface area (Å²) in [7, 11) is 0. The van der Waals surface area contributed by atoms with E-state index < -0.39 is 0 Å². The van der Waals surface area contributed by atoms with Crippen LogP contribution in [0.1, 0.15) is 19.5 Å². The number of aromatic amines is 1. The Labute approximate surface area is 139 Å². The third-order valence-electron chi connectivity index (χ3n) is 3.86. The van der Waals surface area contributed by atoms with E-state index in [2.05, 4.69) is 45.1 Å². The van der Waals surface area contributed by atoms with Crippen molar-refractivity contribution in [2.24, 2.45) is 5.92 Å². The predicted octanol–water partition coefficient (Wildman–Crippen LogP) is 3.40. The van der Waals surface area contributed by atoms with Crippen molar-refractivity contribution in [3.8, 4) is 17.2 Å². The van der Waals surface area contributed by atoms with Crippen LogP contribution in [0.15, 0.2) is 49.1 Å². The molecule has 3 heterocycles. The second-order valence-electron chi connectivity index (χ2n) is 6.23. The second-order valence-corrected chi connectivity index (χ2v) is 6.23. The molecule has 0 aliphatic rings. The monoisotopic (exact) mass is 318 g/mol. The molecule has 0 unspecified atom stereocenters. The summed E-state index contributed by atoms with van der Waals surface area (Å²) >= 11 is 0. The fourth-order valence-electron chi connectivity index (χ4n) is 2.82. The Bertz CT molecular complexity index is 982. The minimum Gasteiger partial charge on any atom is -0.298 e. The molecule has 0 aliphatic heterocycles. The van der Waals surface area contributed by atoms with Gasteiger partial charge in [-0.15, -0.1) is 0 Å². The molecule has 0 fully saturated rings. The Morgan fingerprint density at radius 2 is 1.83 bits per heavy atom. The number of rotatable bonds is 4. The van der Waals surface area contributed by atoms with Crippen LogP contribution in [0.3, 0.4) is 0 Å². The number of H-pyrrole nitrogens is 1. The van der Waals surface area contributed by atoms with Crippen molar-refractivity contribution in [1.29, 1.82) is 0 Å². The van der Waals surface area contributed by atoms with Gasteiger partial charge in [0.1, 0.15) is 5.69 Å². The summed E-state index contributed by atoms with van der Waals surface area (Å²) in [5, 5.41) is 7.53. The van der Waals surface area contributed by atoms with Gasteiger partial charge in [-0.1, -0.05) is 13.8 Å². The third kappa shape index (κ3) is 2.67. The lowest BCUT2D eigenvalue weighted by Gasteiger charge is -2.07. The summed E-state index contributed by atoms with van der Waals surface area (Å²) in [6.07, 6.45) is 8.09. The van der Waals surface area contributed by atoms with E-state index >= 15 is 0 Å². The van der Waals surface area contributed by atoms with Gasteiger partial charge in [0.25, 0.3) is 0 Å². The molecule has 0 spiro atoms. The fraction of sp³-hybridized carbons (Fsp3) is 0.222. The minimum absolute atomic E-state index is 0.581. The van der Waals surface area contributed by atoms with Crippen LogP contribution in [0.2, 0.25) is 0 Å². The zero-order valence-electron chi connectivity index (χ0n) is 13.6. The third-order valence-corrected chi connectivity index (χ3v) is 3.86. The van der Waals surface area contributed by atoms with Gasteiger partial charge >= 0.3 is 0 Å². The maximum atomic E-state index is 4.48. The molecule has 6 nitrogen and oxygen atoms in total. The lowest BCUT2D eigenvalue weighted by molar-refractivity contribution is 0.633. The highest BCUT2D eigenvalue weighted by Gasteiger charge is 2.12. The van der Waals surface area contributed by atoms with Crippen molar-refractivity contribution in [2.45, 2.75) is 20.3 Å². The van der Waals surface area contributed by atoms with Gasteiger partial charge in [0.2, 0.25) is 0 Å². The Hall–Kier alpha value is -3.02. The normalized spacial score (nSPS) is 11.5. The first-order valence-electron chi connectivity index (χ1n) is 8.00. The lowest BCUT2D eigenvalue weighted by Crippen LogP contribution is -1.97. The van der Waals surface area contributed by atoms with Gasteiger partial charge in [0, 0.05) is 36.2 Å². The van der Waals surface area contributed by atoms with Crippen LogP contribution in [-0.2, 0) is 6.42 Å². The van der Waals surface area contributed by atoms with E-state index in [0.29, 0.717) is 5.92 Å². The number of hydrogen-bond acceptors (Lipinski definition) is 4. The Morgan fingerprint density at radius 1 is 1.00 bits per heavy atom. The van der Waals surface area contributed by atoms with Gasteiger partial charge in [-0.05, 0) is 36.6 Å². The molecule has 0 saturated heterocycles. The quantitative estimate of drug-likeness (QED) is 0.626. The SMILES string of the molecule is CC(C)Cc1cc(-c2nccn2-c2ccc3nccnc3c2)n[nH]1.